The van der Waals surface area contributed by atoms with Gasteiger partial charge in [-0.25, -0.2) is 0 Å². The molecule has 76 valence electrons. The monoisotopic (exact) mass is 193 g/mol. The molecule has 1 saturated heterocycles. The van der Waals surface area contributed by atoms with Gasteiger partial charge < -0.3 is 4.90 Å². The Bertz CT molecular complexity index is 419. The minimum absolute atomic E-state index is 0.0497. The molecule has 0 radical (unpaired) electrons. The van der Waals surface area contributed by atoms with Crippen LogP contribution in [0.3, 0.4) is 0 Å². The molecule has 1 unspecified atom stereocenters. The first kappa shape index (κ1) is 8.29. The Balaban J connectivity index is 2.08. The lowest BCUT2D eigenvalue weighted by Gasteiger charge is -2.21. The summed E-state index contributed by atoms with van der Waals surface area (Å²) in [6.07, 6.45) is 2.38. The van der Waals surface area contributed by atoms with Crippen LogP contribution in [0.5, 0.6) is 0 Å². The van der Waals surface area contributed by atoms with Crippen molar-refractivity contribution in [2.24, 2.45) is 0 Å². The summed E-state index contributed by atoms with van der Waals surface area (Å²) >= 11 is 0. The highest BCUT2D eigenvalue weighted by Gasteiger charge is 2.44. The predicted octanol–water partition coefficient (Wildman–Crippen LogP) is 0.153. The third-order valence-electron chi connectivity index (χ3n) is 3.71. The Morgan fingerprint density at radius 2 is 2.21 bits per heavy atom. The van der Waals surface area contributed by atoms with E-state index in [4.69, 9.17) is 0 Å². The van der Waals surface area contributed by atoms with Crippen LogP contribution >= 0.6 is 0 Å². The molecule has 4 heteroatoms. The second kappa shape index (κ2) is 2.51. The molecule has 0 aromatic carbocycles. The van der Waals surface area contributed by atoms with E-state index >= 15 is 0 Å². The summed E-state index contributed by atoms with van der Waals surface area (Å²) < 4.78 is 2.03. The van der Waals surface area contributed by atoms with E-state index in [-0.39, 0.29) is 11.0 Å². The number of likely N-dealkylation sites (tertiary alicyclic amines) is 1. The van der Waals surface area contributed by atoms with E-state index in [1.807, 2.05) is 4.68 Å². The maximum atomic E-state index is 11.2. The lowest BCUT2D eigenvalue weighted by atomic mass is 9.83. The van der Waals surface area contributed by atoms with Gasteiger partial charge >= 0.3 is 0 Å². The van der Waals surface area contributed by atoms with Crippen molar-refractivity contribution in [2.45, 2.75) is 24.8 Å². The van der Waals surface area contributed by atoms with Gasteiger partial charge in [-0.05, 0) is 26.4 Å². The standard InChI is InChI=1S/C10H15N3O/c1-12-4-2-10(7-12)3-5-13-8(10)6-9(14)11-13/h6H,2-5,7H2,1H3,(H,11,14). The van der Waals surface area contributed by atoms with Crippen molar-refractivity contribution < 1.29 is 0 Å². The van der Waals surface area contributed by atoms with Crippen LogP contribution in [0.2, 0.25) is 0 Å². The number of rotatable bonds is 0. The van der Waals surface area contributed by atoms with Crippen LogP contribution in [0, 0.1) is 0 Å². The number of nitrogens with zero attached hydrogens (tertiary/aromatic N) is 2. The summed E-state index contributed by atoms with van der Waals surface area (Å²) in [6, 6.07) is 1.78. The third kappa shape index (κ3) is 0.945. The van der Waals surface area contributed by atoms with Gasteiger partial charge in [-0.3, -0.25) is 14.6 Å². The summed E-state index contributed by atoms with van der Waals surface area (Å²) in [7, 11) is 2.15. The topological polar surface area (TPSA) is 41.0 Å². The molecule has 3 rings (SSSR count). The maximum absolute atomic E-state index is 11.2. The first-order chi connectivity index (χ1) is 6.70. The SMILES string of the molecule is CN1CCC2(CCn3[nH]c(=O)cc32)C1. The van der Waals surface area contributed by atoms with E-state index < -0.39 is 0 Å². The molecule has 0 aliphatic carbocycles. The lowest BCUT2D eigenvalue weighted by molar-refractivity contribution is 0.366. The number of hydrogen-bond acceptors (Lipinski definition) is 2. The van der Waals surface area contributed by atoms with Gasteiger partial charge in [0, 0.05) is 30.3 Å². The lowest BCUT2D eigenvalue weighted by Crippen LogP contribution is -2.27. The van der Waals surface area contributed by atoms with Crippen molar-refractivity contribution in [2.75, 3.05) is 20.1 Å². The van der Waals surface area contributed by atoms with Gasteiger partial charge in [-0.15, -0.1) is 0 Å². The molecule has 0 amide bonds. The molecule has 2 aliphatic rings. The van der Waals surface area contributed by atoms with E-state index in [0.29, 0.717) is 0 Å². The van der Waals surface area contributed by atoms with Gasteiger partial charge in [-0.1, -0.05) is 0 Å². The predicted molar refractivity (Wildman–Crippen MR) is 53.5 cm³/mol. The largest absolute Gasteiger partial charge is 0.305 e. The molecular formula is C10H15N3O. The van der Waals surface area contributed by atoms with Crippen molar-refractivity contribution in [1.82, 2.24) is 14.7 Å². The smallest absolute Gasteiger partial charge is 0.264 e. The molecule has 1 fully saturated rings. The van der Waals surface area contributed by atoms with Crippen molar-refractivity contribution in [3.63, 3.8) is 0 Å². The van der Waals surface area contributed by atoms with Gasteiger partial charge in [0.05, 0.1) is 0 Å². The maximum Gasteiger partial charge on any atom is 0.264 e. The summed E-state index contributed by atoms with van der Waals surface area (Å²) in [5, 5.41) is 2.87. The first-order valence-corrected chi connectivity index (χ1v) is 5.19. The zero-order valence-corrected chi connectivity index (χ0v) is 8.42. The fourth-order valence-corrected chi connectivity index (χ4v) is 2.99. The van der Waals surface area contributed by atoms with Crippen LogP contribution in [-0.2, 0) is 12.0 Å². The number of fused-ring (bicyclic) bond motifs is 2. The molecule has 1 aromatic heterocycles. The van der Waals surface area contributed by atoms with Gasteiger partial charge in [0.15, 0.2) is 0 Å². The van der Waals surface area contributed by atoms with Gasteiger partial charge in [-0.2, -0.15) is 0 Å². The molecular weight excluding hydrogens is 178 g/mol. The fraction of sp³-hybridized carbons (Fsp3) is 0.700. The van der Waals surface area contributed by atoms with E-state index in [9.17, 15) is 4.79 Å². The molecule has 3 heterocycles. The summed E-state index contributed by atoms with van der Waals surface area (Å²) in [5.74, 6) is 0. The van der Waals surface area contributed by atoms with Crippen molar-refractivity contribution >= 4 is 0 Å². The van der Waals surface area contributed by atoms with E-state index in [2.05, 4.69) is 17.0 Å². The molecule has 4 nitrogen and oxygen atoms in total. The van der Waals surface area contributed by atoms with Gasteiger partial charge in [0.25, 0.3) is 5.56 Å². The highest BCUT2D eigenvalue weighted by atomic mass is 16.1. The molecule has 0 saturated carbocycles. The van der Waals surface area contributed by atoms with Crippen molar-refractivity contribution in [3.8, 4) is 0 Å². The van der Waals surface area contributed by atoms with Crippen LogP contribution in [0.4, 0.5) is 0 Å². The van der Waals surface area contributed by atoms with Crippen LogP contribution in [-0.4, -0.2) is 34.8 Å². The third-order valence-corrected chi connectivity index (χ3v) is 3.71. The quantitative estimate of drug-likeness (QED) is 0.637. The second-order valence-corrected chi connectivity index (χ2v) is 4.68. The van der Waals surface area contributed by atoms with Crippen LogP contribution in [0.25, 0.3) is 0 Å². The zero-order chi connectivity index (χ0) is 9.76. The molecule has 1 spiro atoms. The number of nitrogens with one attached hydrogen (secondary N) is 1. The number of aromatic nitrogens is 2. The molecule has 1 aromatic rings. The van der Waals surface area contributed by atoms with Gasteiger partial charge in [0.2, 0.25) is 0 Å². The van der Waals surface area contributed by atoms with Crippen LogP contribution in [0.1, 0.15) is 18.5 Å². The molecule has 0 bridgehead atoms. The number of aryl methyl sites for hydroxylation is 1. The fourth-order valence-electron chi connectivity index (χ4n) is 2.99. The summed E-state index contributed by atoms with van der Waals surface area (Å²) in [5.41, 5.74) is 1.55. The summed E-state index contributed by atoms with van der Waals surface area (Å²) in [4.78, 5) is 13.6. The molecule has 14 heavy (non-hydrogen) atoms. The minimum atomic E-state index is 0.0497. The summed E-state index contributed by atoms with van der Waals surface area (Å²) in [6.45, 7) is 3.23. The Labute approximate surface area is 82.5 Å². The number of hydrogen-bond donors (Lipinski definition) is 1. The Kier molecular flexibility index (Phi) is 1.49. The molecule has 2 aliphatic heterocycles. The Morgan fingerprint density at radius 3 is 2.93 bits per heavy atom. The molecule has 1 N–H and O–H groups in total. The highest BCUT2D eigenvalue weighted by molar-refractivity contribution is 5.23. The number of H-pyrrole nitrogens is 1. The van der Waals surface area contributed by atoms with Crippen molar-refractivity contribution in [3.05, 3.63) is 22.1 Å². The minimum Gasteiger partial charge on any atom is -0.305 e. The number of aromatic amines is 1. The van der Waals surface area contributed by atoms with E-state index in [1.165, 1.54) is 18.5 Å². The van der Waals surface area contributed by atoms with E-state index in [1.54, 1.807) is 6.07 Å². The zero-order valence-electron chi connectivity index (χ0n) is 8.42. The van der Waals surface area contributed by atoms with Crippen molar-refractivity contribution in [1.29, 1.82) is 0 Å². The normalized spacial score (nSPS) is 31.5. The van der Waals surface area contributed by atoms with Gasteiger partial charge in [0.1, 0.15) is 0 Å². The molecule has 1 atom stereocenters. The second-order valence-electron chi connectivity index (χ2n) is 4.68. The van der Waals surface area contributed by atoms with E-state index in [0.717, 1.165) is 19.6 Å². The van der Waals surface area contributed by atoms with Crippen LogP contribution in [0.15, 0.2) is 10.9 Å². The Hall–Kier alpha value is -1.03. The average Bonchev–Trinajstić information content (AvgIpc) is 2.74. The Morgan fingerprint density at radius 1 is 1.43 bits per heavy atom. The number of likely N-dealkylation sites (N-methyl/N-ethyl adjacent to an activating group) is 1. The first-order valence-electron chi connectivity index (χ1n) is 5.19. The average molecular weight is 193 g/mol. The highest BCUT2D eigenvalue weighted by Crippen LogP contribution is 2.40. The van der Waals surface area contributed by atoms with Crippen LogP contribution < -0.4 is 5.56 Å².